The van der Waals surface area contributed by atoms with Gasteiger partial charge in [-0.15, -0.1) is 10.2 Å². The number of carbonyl (C=O) groups is 1. The molecule has 2 heterocycles. The molecular formula is C21H20F3N5O3S. The standard InChI is InChI=1S/C21H20F3N5O3S/c22-21(23,24)20(30)25-14-9-11-15(12-10-14)33(31,32)28-17-7-4-3-6-16(17)19-27-26-18-8-2-1-5-13-29(18)19/h3-4,6-7,9-12,28H,1-2,5,8,13H2,(H,25,30). The van der Waals surface area contributed by atoms with Crippen molar-refractivity contribution in [3.05, 3.63) is 54.4 Å². The van der Waals surface area contributed by atoms with Crippen molar-refractivity contribution >= 4 is 27.3 Å². The largest absolute Gasteiger partial charge is 0.471 e. The summed E-state index contributed by atoms with van der Waals surface area (Å²) >= 11 is 0. The van der Waals surface area contributed by atoms with Crippen molar-refractivity contribution < 1.29 is 26.4 Å². The zero-order valence-electron chi connectivity index (χ0n) is 17.3. The van der Waals surface area contributed by atoms with Gasteiger partial charge in [-0.2, -0.15) is 13.2 Å². The molecule has 0 saturated heterocycles. The van der Waals surface area contributed by atoms with Gasteiger partial charge in [0.1, 0.15) is 5.82 Å². The van der Waals surface area contributed by atoms with Gasteiger partial charge in [0, 0.05) is 24.2 Å². The minimum absolute atomic E-state index is 0.178. The van der Waals surface area contributed by atoms with Gasteiger partial charge in [-0.25, -0.2) is 8.42 Å². The minimum atomic E-state index is -5.05. The average Bonchev–Trinajstić information content (AvgIpc) is 3.01. The topological polar surface area (TPSA) is 106 Å². The van der Waals surface area contributed by atoms with E-state index in [2.05, 4.69) is 14.9 Å². The molecule has 0 fully saturated rings. The highest BCUT2D eigenvalue weighted by Gasteiger charge is 2.38. The first-order valence-corrected chi connectivity index (χ1v) is 11.7. The van der Waals surface area contributed by atoms with E-state index in [0.717, 1.165) is 62.3 Å². The quantitative estimate of drug-likeness (QED) is 0.576. The summed E-state index contributed by atoms with van der Waals surface area (Å²) in [5.74, 6) is -0.718. The van der Waals surface area contributed by atoms with Crippen molar-refractivity contribution in [3.63, 3.8) is 0 Å². The number of nitrogens with one attached hydrogen (secondary N) is 2. The minimum Gasteiger partial charge on any atom is -0.318 e. The number of fused-ring (bicyclic) bond motifs is 1. The molecular weight excluding hydrogens is 459 g/mol. The Hall–Kier alpha value is -3.41. The molecule has 2 aromatic carbocycles. The summed E-state index contributed by atoms with van der Waals surface area (Å²) in [5, 5.41) is 10.2. The Morgan fingerprint density at radius 1 is 0.970 bits per heavy atom. The van der Waals surface area contributed by atoms with Crippen LogP contribution in [-0.4, -0.2) is 35.3 Å². The number of nitrogens with zero attached hydrogens (tertiary/aromatic N) is 3. The summed E-state index contributed by atoms with van der Waals surface area (Å²) in [6.45, 7) is 0.740. The Kier molecular flexibility index (Phi) is 6.11. The summed E-state index contributed by atoms with van der Waals surface area (Å²) in [6, 6.07) is 11.2. The normalized spacial score (nSPS) is 14.3. The lowest BCUT2D eigenvalue weighted by molar-refractivity contribution is -0.167. The van der Waals surface area contributed by atoms with E-state index in [0.29, 0.717) is 17.1 Å². The van der Waals surface area contributed by atoms with E-state index in [4.69, 9.17) is 0 Å². The molecule has 3 aromatic rings. The van der Waals surface area contributed by atoms with E-state index in [9.17, 15) is 26.4 Å². The maximum Gasteiger partial charge on any atom is 0.471 e. The van der Waals surface area contributed by atoms with Gasteiger partial charge in [0.25, 0.3) is 10.0 Å². The van der Waals surface area contributed by atoms with Gasteiger partial charge in [-0.1, -0.05) is 18.6 Å². The second kappa shape index (κ2) is 8.85. The van der Waals surface area contributed by atoms with Gasteiger partial charge in [-0.05, 0) is 49.2 Å². The number of aromatic nitrogens is 3. The first kappa shape index (κ1) is 22.8. The summed E-state index contributed by atoms with van der Waals surface area (Å²) < 4.78 is 67.6. The molecule has 2 N–H and O–H groups in total. The van der Waals surface area contributed by atoms with Crippen molar-refractivity contribution in [3.8, 4) is 11.4 Å². The highest BCUT2D eigenvalue weighted by atomic mass is 32.2. The van der Waals surface area contributed by atoms with Crippen LogP contribution in [0.3, 0.4) is 0 Å². The third-order valence-corrected chi connectivity index (χ3v) is 6.58. The highest BCUT2D eigenvalue weighted by Crippen LogP contribution is 2.30. The van der Waals surface area contributed by atoms with Crippen molar-refractivity contribution in [1.82, 2.24) is 14.8 Å². The molecule has 8 nitrogen and oxygen atoms in total. The number of aryl methyl sites for hydroxylation is 1. The maximum absolute atomic E-state index is 12.9. The number of anilines is 2. The number of amides is 1. The molecule has 0 atom stereocenters. The number of sulfonamides is 1. The number of benzene rings is 2. The fourth-order valence-corrected chi connectivity index (χ4v) is 4.65. The van der Waals surface area contributed by atoms with E-state index >= 15 is 0 Å². The molecule has 0 unspecified atom stereocenters. The molecule has 4 rings (SSSR count). The molecule has 0 bridgehead atoms. The summed E-state index contributed by atoms with van der Waals surface area (Å²) in [4.78, 5) is 10.9. The second-order valence-electron chi connectivity index (χ2n) is 7.53. The number of halogens is 3. The van der Waals surface area contributed by atoms with E-state index in [1.54, 1.807) is 29.6 Å². The monoisotopic (exact) mass is 479 g/mol. The van der Waals surface area contributed by atoms with Gasteiger partial charge in [0.2, 0.25) is 0 Å². The highest BCUT2D eigenvalue weighted by molar-refractivity contribution is 7.92. The zero-order valence-corrected chi connectivity index (χ0v) is 18.1. The SMILES string of the molecule is O=C(Nc1ccc(S(=O)(=O)Nc2ccccc2-c2nnc3n2CCCCC3)cc1)C(F)(F)F. The first-order chi connectivity index (χ1) is 15.6. The Labute approximate surface area is 187 Å². The Bertz CT molecular complexity index is 1270. The predicted octanol–water partition coefficient (Wildman–Crippen LogP) is 3.97. The lowest BCUT2D eigenvalue weighted by atomic mass is 10.1. The lowest BCUT2D eigenvalue weighted by Crippen LogP contribution is -2.29. The molecule has 0 spiro atoms. The molecule has 33 heavy (non-hydrogen) atoms. The smallest absolute Gasteiger partial charge is 0.318 e. The van der Waals surface area contributed by atoms with Crippen LogP contribution in [0, 0.1) is 0 Å². The Morgan fingerprint density at radius 2 is 1.70 bits per heavy atom. The maximum atomic E-state index is 12.9. The van der Waals surface area contributed by atoms with Gasteiger partial charge < -0.3 is 9.88 Å². The Balaban J connectivity index is 1.59. The Morgan fingerprint density at radius 3 is 2.42 bits per heavy atom. The van der Waals surface area contributed by atoms with Crippen molar-refractivity contribution in [1.29, 1.82) is 0 Å². The molecule has 1 aliphatic rings. The fourth-order valence-electron chi connectivity index (χ4n) is 3.57. The van der Waals surface area contributed by atoms with Gasteiger partial charge in [0.15, 0.2) is 5.82 Å². The van der Waals surface area contributed by atoms with Gasteiger partial charge in [0.05, 0.1) is 10.6 Å². The predicted molar refractivity (Wildman–Crippen MR) is 115 cm³/mol. The van der Waals surface area contributed by atoms with E-state index in [1.165, 1.54) is 0 Å². The molecule has 12 heteroatoms. The molecule has 1 aliphatic heterocycles. The number of para-hydroxylation sites is 1. The van der Waals surface area contributed by atoms with Crippen LogP contribution in [0.1, 0.15) is 25.1 Å². The third kappa shape index (κ3) is 5.00. The summed E-state index contributed by atoms with van der Waals surface area (Å²) in [7, 11) is -4.07. The number of hydrogen-bond donors (Lipinski definition) is 2. The molecule has 1 amide bonds. The van der Waals surface area contributed by atoms with Crippen LogP contribution in [0.5, 0.6) is 0 Å². The average molecular weight is 479 g/mol. The molecule has 0 aliphatic carbocycles. The van der Waals surface area contributed by atoms with Crippen LogP contribution in [0.4, 0.5) is 24.5 Å². The van der Waals surface area contributed by atoms with Crippen LogP contribution in [0.25, 0.3) is 11.4 Å². The number of alkyl halides is 3. The van der Waals surface area contributed by atoms with E-state index in [1.807, 2.05) is 4.57 Å². The third-order valence-electron chi connectivity index (χ3n) is 5.20. The number of carbonyl (C=O) groups excluding carboxylic acids is 1. The number of hydrogen-bond acceptors (Lipinski definition) is 5. The van der Waals surface area contributed by atoms with Crippen molar-refractivity contribution in [2.75, 3.05) is 10.0 Å². The molecule has 0 saturated carbocycles. The first-order valence-electron chi connectivity index (χ1n) is 10.2. The lowest BCUT2D eigenvalue weighted by Gasteiger charge is -2.14. The molecule has 1 aromatic heterocycles. The van der Waals surface area contributed by atoms with Crippen LogP contribution >= 0.6 is 0 Å². The molecule has 0 radical (unpaired) electrons. The van der Waals surface area contributed by atoms with Crippen molar-refractivity contribution in [2.45, 2.75) is 43.3 Å². The van der Waals surface area contributed by atoms with Crippen LogP contribution in [-0.2, 0) is 27.8 Å². The van der Waals surface area contributed by atoms with E-state index in [-0.39, 0.29) is 10.6 Å². The number of rotatable bonds is 5. The summed E-state index contributed by atoms with van der Waals surface area (Å²) in [6.07, 6.45) is -1.17. The zero-order chi connectivity index (χ0) is 23.6. The second-order valence-corrected chi connectivity index (χ2v) is 9.21. The fraction of sp³-hybridized carbons (Fsp3) is 0.286. The van der Waals surface area contributed by atoms with Crippen molar-refractivity contribution in [2.24, 2.45) is 0 Å². The van der Waals surface area contributed by atoms with E-state index < -0.39 is 22.1 Å². The summed E-state index contributed by atoms with van der Waals surface area (Å²) in [5.41, 5.74) is 0.685. The van der Waals surface area contributed by atoms with Gasteiger partial charge >= 0.3 is 12.1 Å². The van der Waals surface area contributed by atoms with Gasteiger partial charge in [-0.3, -0.25) is 9.52 Å². The van der Waals surface area contributed by atoms with Crippen LogP contribution < -0.4 is 10.0 Å². The van der Waals surface area contributed by atoms with Crippen LogP contribution in [0.2, 0.25) is 0 Å². The molecule has 174 valence electrons. The van der Waals surface area contributed by atoms with Crippen LogP contribution in [0.15, 0.2) is 53.4 Å².